The molecule has 0 aliphatic carbocycles. The number of nitro benzene ring substituents is 1. The first-order valence-electron chi connectivity index (χ1n) is 7.11. The molecule has 1 saturated heterocycles. The van der Waals surface area contributed by atoms with Crippen LogP contribution in [0.5, 0.6) is 0 Å². The fourth-order valence-corrected chi connectivity index (χ4v) is 2.74. The Morgan fingerprint density at radius 1 is 1.32 bits per heavy atom. The molecule has 0 saturated carbocycles. The standard InChI is InChI=1S/C15H16N4O3/c1-10-8-12-11(13(9-10)19(21)22)2-3-17-14(12)15(20)18-6-4-16-5-7-18/h2-3,8-9,16H,4-7H2,1H3. The number of nitro groups is 1. The first kappa shape index (κ1) is 14.4. The molecular weight excluding hydrogens is 284 g/mol. The fourth-order valence-electron chi connectivity index (χ4n) is 2.74. The average molecular weight is 300 g/mol. The molecule has 2 heterocycles. The summed E-state index contributed by atoms with van der Waals surface area (Å²) >= 11 is 0. The number of hydrogen-bond donors (Lipinski definition) is 1. The Labute approximate surface area is 127 Å². The van der Waals surface area contributed by atoms with Crippen LogP contribution in [0.25, 0.3) is 10.8 Å². The van der Waals surface area contributed by atoms with Gasteiger partial charge < -0.3 is 10.2 Å². The Hall–Kier alpha value is -2.54. The number of nitrogens with zero attached hydrogens (tertiary/aromatic N) is 3. The lowest BCUT2D eigenvalue weighted by Gasteiger charge is -2.27. The van der Waals surface area contributed by atoms with Gasteiger partial charge in [0.2, 0.25) is 0 Å². The largest absolute Gasteiger partial charge is 0.335 e. The molecule has 0 unspecified atom stereocenters. The lowest BCUT2D eigenvalue weighted by Crippen LogP contribution is -2.46. The summed E-state index contributed by atoms with van der Waals surface area (Å²) in [6.45, 7) is 4.50. The topological polar surface area (TPSA) is 88.4 Å². The highest BCUT2D eigenvalue weighted by Gasteiger charge is 2.23. The van der Waals surface area contributed by atoms with Gasteiger partial charge in [-0.1, -0.05) is 0 Å². The minimum absolute atomic E-state index is 0.00626. The van der Waals surface area contributed by atoms with Crippen LogP contribution in [0, 0.1) is 17.0 Å². The van der Waals surface area contributed by atoms with Crippen LogP contribution >= 0.6 is 0 Å². The molecular formula is C15H16N4O3. The lowest BCUT2D eigenvalue weighted by atomic mass is 10.0. The molecule has 0 bridgehead atoms. The van der Waals surface area contributed by atoms with Gasteiger partial charge in [-0.2, -0.15) is 0 Å². The SMILES string of the molecule is Cc1cc([N+](=O)[O-])c2ccnc(C(=O)N3CCNCC3)c2c1. The predicted molar refractivity (Wildman–Crippen MR) is 81.9 cm³/mol. The molecule has 1 aromatic heterocycles. The van der Waals surface area contributed by atoms with Crippen LogP contribution in [0.1, 0.15) is 16.1 Å². The Morgan fingerprint density at radius 3 is 2.73 bits per heavy atom. The van der Waals surface area contributed by atoms with E-state index < -0.39 is 4.92 Å². The number of amides is 1. The summed E-state index contributed by atoms with van der Waals surface area (Å²) in [4.78, 5) is 29.4. The molecule has 22 heavy (non-hydrogen) atoms. The molecule has 1 N–H and O–H groups in total. The Morgan fingerprint density at radius 2 is 2.05 bits per heavy atom. The number of carbonyl (C=O) groups is 1. The van der Waals surface area contributed by atoms with Crippen molar-refractivity contribution in [1.29, 1.82) is 0 Å². The Balaban J connectivity index is 2.14. The summed E-state index contributed by atoms with van der Waals surface area (Å²) in [6.07, 6.45) is 1.46. The molecule has 1 amide bonds. The van der Waals surface area contributed by atoms with Crippen molar-refractivity contribution in [2.75, 3.05) is 26.2 Å². The van der Waals surface area contributed by atoms with Crippen LogP contribution in [0.4, 0.5) is 5.69 Å². The van der Waals surface area contributed by atoms with E-state index in [-0.39, 0.29) is 17.3 Å². The molecule has 114 valence electrons. The van der Waals surface area contributed by atoms with Crippen molar-refractivity contribution in [3.63, 3.8) is 0 Å². The number of non-ortho nitro benzene ring substituents is 1. The minimum atomic E-state index is -0.422. The van der Waals surface area contributed by atoms with E-state index in [0.717, 1.165) is 18.7 Å². The third-order valence-corrected chi connectivity index (χ3v) is 3.81. The monoisotopic (exact) mass is 300 g/mol. The number of carbonyl (C=O) groups excluding carboxylic acids is 1. The number of aromatic nitrogens is 1. The zero-order chi connectivity index (χ0) is 15.7. The van der Waals surface area contributed by atoms with Crippen molar-refractivity contribution in [2.45, 2.75) is 6.92 Å². The molecule has 1 aliphatic heterocycles. The summed E-state index contributed by atoms with van der Waals surface area (Å²) in [5, 5.41) is 15.4. The predicted octanol–water partition coefficient (Wildman–Crippen LogP) is 1.50. The second-order valence-corrected chi connectivity index (χ2v) is 5.34. The molecule has 1 fully saturated rings. The van der Waals surface area contributed by atoms with Crippen molar-refractivity contribution in [1.82, 2.24) is 15.2 Å². The normalized spacial score (nSPS) is 15.0. The van der Waals surface area contributed by atoms with Crippen LogP contribution in [0.2, 0.25) is 0 Å². The van der Waals surface area contributed by atoms with Crippen LogP contribution in [-0.4, -0.2) is 46.9 Å². The van der Waals surface area contributed by atoms with Crippen molar-refractivity contribution >= 4 is 22.4 Å². The van der Waals surface area contributed by atoms with Crippen molar-refractivity contribution in [3.8, 4) is 0 Å². The van der Waals surface area contributed by atoms with E-state index in [1.807, 2.05) is 0 Å². The maximum atomic E-state index is 12.7. The van der Waals surface area contributed by atoms with Gasteiger partial charge in [-0.15, -0.1) is 0 Å². The van der Waals surface area contributed by atoms with Gasteiger partial charge in [-0.05, 0) is 24.6 Å². The molecule has 0 radical (unpaired) electrons. The molecule has 3 rings (SSSR count). The van der Waals surface area contributed by atoms with E-state index in [2.05, 4.69) is 10.3 Å². The molecule has 2 aromatic rings. The Bertz CT molecular complexity index is 754. The van der Waals surface area contributed by atoms with E-state index in [9.17, 15) is 14.9 Å². The minimum Gasteiger partial charge on any atom is -0.335 e. The number of nitrogens with one attached hydrogen (secondary N) is 1. The third kappa shape index (κ3) is 2.50. The fraction of sp³-hybridized carbons (Fsp3) is 0.333. The number of aryl methyl sites for hydroxylation is 1. The van der Waals surface area contributed by atoms with E-state index in [1.165, 1.54) is 12.3 Å². The zero-order valence-corrected chi connectivity index (χ0v) is 12.2. The molecule has 1 aliphatic rings. The summed E-state index contributed by atoms with van der Waals surface area (Å²) < 4.78 is 0. The van der Waals surface area contributed by atoms with Gasteiger partial charge in [0.15, 0.2) is 0 Å². The van der Waals surface area contributed by atoms with Gasteiger partial charge in [0, 0.05) is 43.8 Å². The second-order valence-electron chi connectivity index (χ2n) is 5.34. The number of piperazine rings is 1. The highest BCUT2D eigenvalue weighted by molar-refractivity contribution is 6.07. The van der Waals surface area contributed by atoms with Crippen LogP contribution < -0.4 is 5.32 Å². The molecule has 7 heteroatoms. The maximum absolute atomic E-state index is 12.7. The molecule has 7 nitrogen and oxygen atoms in total. The maximum Gasteiger partial charge on any atom is 0.277 e. The molecule has 1 aromatic carbocycles. The van der Waals surface area contributed by atoms with Gasteiger partial charge in [0.25, 0.3) is 11.6 Å². The van der Waals surface area contributed by atoms with Crippen molar-refractivity contribution < 1.29 is 9.72 Å². The first-order valence-corrected chi connectivity index (χ1v) is 7.11. The second kappa shape index (κ2) is 5.69. The number of benzene rings is 1. The van der Waals surface area contributed by atoms with Crippen molar-refractivity contribution in [2.24, 2.45) is 0 Å². The van der Waals surface area contributed by atoms with E-state index in [1.54, 1.807) is 24.0 Å². The van der Waals surface area contributed by atoms with Crippen LogP contribution in [0.3, 0.4) is 0 Å². The summed E-state index contributed by atoms with van der Waals surface area (Å²) in [5.41, 5.74) is 1.03. The van der Waals surface area contributed by atoms with E-state index in [4.69, 9.17) is 0 Å². The van der Waals surface area contributed by atoms with E-state index in [0.29, 0.717) is 23.9 Å². The quantitative estimate of drug-likeness (QED) is 0.670. The number of rotatable bonds is 2. The van der Waals surface area contributed by atoms with Crippen LogP contribution in [-0.2, 0) is 0 Å². The lowest BCUT2D eigenvalue weighted by molar-refractivity contribution is -0.383. The van der Waals surface area contributed by atoms with Gasteiger partial charge >= 0.3 is 0 Å². The van der Waals surface area contributed by atoms with Gasteiger partial charge in [-0.3, -0.25) is 19.9 Å². The highest BCUT2D eigenvalue weighted by atomic mass is 16.6. The summed E-state index contributed by atoms with van der Waals surface area (Å²) in [5.74, 6) is -0.174. The highest BCUT2D eigenvalue weighted by Crippen LogP contribution is 2.29. The summed E-state index contributed by atoms with van der Waals surface area (Å²) in [6, 6.07) is 4.88. The number of pyridine rings is 1. The van der Waals surface area contributed by atoms with Gasteiger partial charge in [0.05, 0.1) is 10.3 Å². The molecule has 0 spiro atoms. The Kier molecular flexibility index (Phi) is 3.72. The number of hydrogen-bond acceptors (Lipinski definition) is 5. The smallest absolute Gasteiger partial charge is 0.277 e. The molecule has 0 atom stereocenters. The third-order valence-electron chi connectivity index (χ3n) is 3.81. The van der Waals surface area contributed by atoms with Gasteiger partial charge in [-0.25, -0.2) is 0 Å². The first-order chi connectivity index (χ1) is 10.6. The van der Waals surface area contributed by atoms with Gasteiger partial charge in [0.1, 0.15) is 5.69 Å². The number of fused-ring (bicyclic) bond motifs is 1. The van der Waals surface area contributed by atoms with E-state index >= 15 is 0 Å². The average Bonchev–Trinajstić information content (AvgIpc) is 2.53. The van der Waals surface area contributed by atoms with Crippen LogP contribution in [0.15, 0.2) is 24.4 Å². The zero-order valence-electron chi connectivity index (χ0n) is 12.2. The summed E-state index contributed by atoms with van der Waals surface area (Å²) in [7, 11) is 0. The van der Waals surface area contributed by atoms with Crippen molar-refractivity contribution in [3.05, 3.63) is 45.8 Å².